The van der Waals surface area contributed by atoms with Crippen molar-refractivity contribution in [3.8, 4) is 0 Å². The Hall–Kier alpha value is -1.88. The number of amides is 2. The molecule has 2 aliphatic heterocycles. The van der Waals surface area contributed by atoms with E-state index in [2.05, 4.69) is 17.6 Å². The van der Waals surface area contributed by atoms with E-state index in [1.807, 2.05) is 32.0 Å². The maximum absolute atomic E-state index is 12.6. The van der Waals surface area contributed by atoms with E-state index in [4.69, 9.17) is 0 Å². The topological polar surface area (TPSA) is 61.4 Å². The fraction of sp³-hybridized carbons (Fsp3) is 0.579. The van der Waals surface area contributed by atoms with E-state index in [1.54, 1.807) is 4.90 Å². The molecule has 2 heterocycles. The Morgan fingerprint density at radius 1 is 1.33 bits per heavy atom. The third kappa shape index (κ3) is 3.31. The third-order valence-electron chi connectivity index (χ3n) is 5.52. The molecule has 5 nitrogen and oxygen atoms in total. The number of nitrogens with one attached hydrogen (secondary N) is 2. The van der Waals surface area contributed by atoms with E-state index >= 15 is 0 Å². The van der Waals surface area contributed by atoms with Crippen molar-refractivity contribution in [3.63, 3.8) is 0 Å². The largest absolute Gasteiger partial charge is 0.352 e. The van der Waals surface area contributed by atoms with Crippen molar-refractivity contribution in [2.45, 2.75) is 39.7 Å². The summed E-state index contributed by atoms with van der Waals surface area (Å²) in [6.07, 6.45) is 1.37. The van der Waals surface area contributed by atoms with Crippen LogP contribution >= 0.6 is 0 Å². The number of anilines is 1. The quantitative estimate of drug-likeness (QED) is 0.888. The van der Waals surface area contributed by atoms with Gasteiger partial charge in [0.05, 0.1) is 5.92 Å². The minimum absolute atomic E-state index is 0.0108. The third-order valence-corrected chi connectivity index (χ3v) is 5.52. The summed E-state index contributed by atoms with van der Waals surface area (Å²) in [6, 6.07) is 6.14. The van der Waals surface area contributed by atoms with Crippen molar-refractivity contribution in [2.75, 3.05) is 24.5 Å². The van der Waals surface area contributed by atoms with E-state index < -0.39 is 0 Å². The lowest BCUT2D eigenvalue weighted by atomic mass is 9.94. The number of piperidine rings is 1. The summed E-state index contributed by atoms with van der Waals surface area (Å²) >= 11 is 0. The van der Waals surface area contributed by atoms with Crippen LogP contribution in [-0.4, -0.2) is 37.5 Å². The van der Waals surface area contributed by atoms with Gasteiger partial charge in [0.15, 0.2) is 0 Å². The van der Waals surface area contributed by atoms with Gasteiger partial charge in [-0.15, -0.1) is 0 Å². The first-order valence-electron chi connectivity index (χ1n) is 8.85. The van der Waals surface area contributed by atoms with Gasteiger partial charge < -0.3 is 15.5 Å². The van der Waals surface area contributed by atoms with Gasteiger partial charge in [0, 0.05) is 31.2 Å². The van der Waals surface area contributed by atoms with E-state index in [1.165, 1.54) is 0 Å². The van der Waals surface area contributed by atoms with Gasteiger partial charge >= 0.3 is 0 Å². The van der Waals surface area contributed by atoms with Crippen molar-refractivity contribution < 1.29 is 9.59 Å². The molecule has 2 amide bonds. The molecule has 2 saturated heterocycles. The molecule has 24 heavy (non-hydrogen) atoms. The second kappa shape index (κ2) is 6.93. The summed E-state index contributed by atoms with van der Waals surface area (Å²) in [6.45, 7) is 8.55. The number of aryl methyl sites for hydroxylation is 1. The fourth-order valence-electron chi connectivity index (χ4n) is 3.63. The molecule has 5 heteroatoms. The van der Waals surface area contributed by atoms with Gasteiger partial charge in [-0.3, -0.25) is 9.59 Å². The van der Waals surface area contributed by atoms with E-state index in [-0.39, 0.29) is 23.8 Å². The highest BCUT2D eigenvalue weighted by molar-refractivity contribution is 6.01. The number of hydrogen-bond acceptors (Lipinski definition) is 3. The van der Waals surface area contributed by atoms with Crippen molar-refractivity contribution in [1.82, 2.24) is 10.6 Å². The van der Waals surface area contributed by atoms with E-state index in [0.717, 1.165) is 36.3 Å². The maximum Gasteiger partial charge on any atom is 0.227 e. The molecule has 3 atom stereocenters. The molecule has 0 bridgehead atoms. The lowest BCUT2D eigenvalue weighted by Crippen LogP contribution is -2.51. The minimum atomic E-state index is -0.258. The van der Waals surface area contributed by atoms with Crippen LogP contribution in [0.4, 0.5) is 5.69 Å². The summed E-state index contributed by atoms with van der Waals surface area (Å²) in [5, 5.41) is 6.48. The predicted octanol–water partition coefficient (Wildman–Crippen LogP) is 1.77. The molecule has 0 radical (unpaired) electrons. The number of carbonyl (C=O) groups is 2. The Kier molecular flexibility index (Phi) is 4.90. The van der Waals surface area contributed by atoms with Crippen LogP contribution in [0.5, 0.6) is 0 Å². The molecule has 3 rings (SSSR count). The minimum Gasteiger partial charge on any atom is -0.352 e. The van der Waals surface area contributed by atoms with Gasteiger partial charge in [-0.05, 0) is 49.9 Å². The van der Waals surface area contributed by atoms with Crippen LogP contribution in [0.1, 0.15) is 30.9 Å². The molecule has 0 aliphatic carbocycles. The second-order valence-corrected chi connectivity index (χ2v) is 7.21. The standard InChI is InChI=1S/C19H27N3O2/c1-12-5-4-6-17(14(12)3)22-11-15(9-18(22)23)19(24)21-16-10-20-8-7-13(16)2/h4-6,13,15-16,20H,7-11H2,1-3H3,(H,21,24). The fourth-order valence-corrected chi connectivity index (χ4v) is 3.63. The first-order chi connectivity index (χ1) is 11.5. The van der Waals surface area contributed by atoms with Crippen LogP contribution in [-0.2, 0) is 9.59 Å². The second-order valence-electron chi connectivity index (χ2n) is 7.21. The molecule has 0 saturated carbocycles. The van der Waals surface area contributed by atoms with E-state index in [0.29, 0.717) is 18.9 Å². The predicted molar refractivity (Wildman–Crippen MR) is 95.0 cm³/mol. The highest BCUT2D eigenvalue weighted by Crippen LogP contribution is 2.29. The van der Waals surface area contributed by atoms with Gasteiger partial charge in [-0.1, -0.05) is 19.1 Å². The normalized spacial score (nSPS) is 27.4. The zero-order chi connectivity index (χ0) is 17.3. The average molecular weight is 329 g/mol. The summed E-state index contributed by atoms with van der Waals surface area (Å²) in [4.78, 5) is 26.8. The van der Waals surface area contributed by atoms with Crippen LogP contribution in [0.25, 0.3) is 0 Å². The Morgan fingerprint density at radius 2 is 2.12 bits per heavy atom. The number of carbonyl (C=O) groups excluding carboxylic acids is 2. The van der Waals surface area contributed by atoms with Gasteiger partial charge in [-0.25, -0.2) is 0 Å². The first-order valence-corrected chi connectivity index (χ1v) is 8.85. The number of benzene rings is 1. The van der Waals surface area contributed by atoms with Gasteiger partial charge in [0.1, 0.15) is 0 Å². The van der Waals surface area contributed by atoms with Gasteiger partial charge in [0.2, 0.25) is 11.8 Å². The average Bonchev–Trinajstić information content (AvgIpc) is 2.94. The zero-order valence-corrected chi connectivity index (χ0v) is 14.8. The highest BCUT2D eigenvalue weighted by Gasteiger charge is 2.37. The first kappa shape index (κ1) is 17.0. The Bertz CT molecular complexity index is 643. The molecule has 1 aromatic carbocycles. The van der Waals surface area contributed by atoms with Crippen LogP contribution in [0.15, 0.2) is 18.2 Å². The summed E-state index contributed by atoms with van der Waals surface area (Å²) in [5.74, 6) is 0.268. The Morgan fingerprint density at radius 3 is 2.88 bits per heavy atom. The van der Waals surface area contributed by atoms with Crippen molar-refractivity contribution in [3.05, 3.63) is 29.3 Å². The van der Waals surface area contributed by atoms with Crippen LogP contribution in [0.2, 0.25) is 0 Å². The van der Waals surface area contributed by atoms with Gasteiger partial charge in [0.25, 0.3) is 0 Å². The molecule has 1 aromatic rings. The molecule has 2 fully saturated rings. The van der Waals surface area contributed by atoms with Crippen molar-refractivity contribution >= 4 is 17.5 Å². The molecular formula is C19H27N3O2. The monoisotopic (exact) mass is 329 g/mol. The van der Waals surface area contributed by atoms with E-state index in [9.17, 15) is 9.59 Å². The number of nitrogens with zero attached hydrogens (tertiary/aromatic N) is 1. The van der Waals surface area contributed by atoms with Crippen LogP contribution < -0.4 is 15.5 Å². The molecule has 2 aliphatic rings. The Labute approximate surface area is 143 Å². The lowest BCUT2D eigenvalue weighted by molar-refractivity contribution is -0.127. The van der Waals surface area contributed by atoms with Crippen molar-refractivity contribution in [2.24, 2.45) is 11.8 Å². The highest BCUT2D eigenvalue weighted by atomic mass is 16.2. The summed E-state index contributed by atoms with van der Waals surface area (Å²) in [5.41, 5.74) is 3.20. The van der Waals surface area contributed by atoms with Crippen molar-refractivity contribution in [1.29, 1.82) is 0 Å². The molecule has 2 N–H and O–H groups in total. The molecule has 130 valence electrons. The lowest BCUT2D eigenvalue weighted by Gasteiger charge is -2.31. The summed E-state index contributed by atoms with van der Waals surface area (Å²) < 4.78 is 0. The van der Waals surface area contributed by atoms with Gasteiger partial charge in [-0.2, -0.15) is 0 Å². The molecule has 0 spiro atoms. The van der Waals surface area contributed by atoms with Crippen LogP contribution in [0, 0.1) is 25.7 Å². The SMILES string of the molecule is Cc1cccc(N2CC(C(=O)NC3CNCCC3C)CC2=O)c1C. The molecule has 3 unspecified atom stereocenters. The molecular weight excluding hydrogens is 302 g/mol. The Balaban J connectivity index is 1.68. The van der Waals surface area contributed by atoms with Crippen LogP contribution in [0.3, 0.4) is 0 Å². The zero-order valence-electron chi connectivity index (χ0n) is 14.8. The maximum atomic E-state index is 12.6. The summed E-state index contributed by atoms with van der Waals surface area (Å²) in [7, 11) is 0. The number of rotatable bonds is 3. The number of hydrogen-bond donors (Lipinski definition) is 2. The molecule has 0 aromatic heterocycles. The smallest absolute Gasteiger partial charge is 0.227 e.